The number of amides is 1. The van der Waals surface area contributed by atoms with Crippen LogP contribution in [0.3, 0.4) is 0 Å². The predicted molar refractivity (Wildman–Crippen MR) is 125 cm³/mol. The fraction of sp³-hybridized carbons (Fsp3) is 0.368. The number of carbonyl (C=O) groups is 1. The van der Waals surface area contributed by atoms with Gasteiger partial charge in [-0.25, -0.2) is 4.98 Å². The third-order valence-corrected chi connectivity index (χ3v) is 5.78. The Balaban J connectivity index is 1.54. The summed E-state index contributed by atoms with van der Waals surface area (Å²) in [6.45, 7) is 0.368. The summed E-state index contributed by atoms with van der Waals surface area (Å²) < 4.78 is 0. The summed E-state index contributed by atoms with van der Waals surface area (Å²) in [6.07, 6.45) is 6.00. The molecule has 10 heteroatoms. The highest BCUT2D eigenvalue weighted by Crippen LogP contribution is 2.19. The molecule has 0 spiro atoms. The van der Waals surface area contributed by atoms with E-state index in [0.29, 0.717) is 22.8 Å². The lowest BCUT2D eigenvalue weighted by Crippen LogP contribution is -2.48. The Kier molecular flexibility index (Phi) is 7.73. The monoisotopic (exact) mass is 448 g/mol. The first-order valence-electron chi connectivity index (χ1n) is 9.46. The average Bonchev–Trinajstić information content (AvgIpc) is 3.17. The molecule has 0 atom stereocenters. The third-order valence-electron chi connectivity index (χ3n) is 4.58. The van der Waals surface area contributed by atoms with Crippen molar-refractivity contribution >= 4 is 57.0 Å². The van der Waals surface area contributed by atoms with Crippen molar-refractivity contribution in [2.45, 2.75) is 44.7 Å². The molecule has 1 aliphatic rings. The molecule has 2 aromatic rings. The van der Waals surface area contributed by atoms with Crippen LogP contribution in [0.1, 0.15) is 48.2 Å². The molecule has 0 unspecified atom stereocenters. The van der Waals surface area contributed by atoms with Crippen LogP contribution in [-0.2, 0) is 6.54 Å². The van der Waals surface area contributed by atoms with Crippen molar-refractivity contribution in [3.63, 3.8) is 0 Å². The van der Waals surface area contributed by atoms with Crippen LogP contribution in [0.2, 0.25) is 0 Å². The van der Waals surface area contributed by atoms with Gasteiger partial charge in [0, 0.05) is 11.4 Å². The Morgan fingerprint density at radius 3 is 2.62 bits per heavy atom. The van der Waals surface area contributed by atoms with Crippen LogP contribution in [0.5, 0.6) is 0 Å². The van der Waals surface area contributed by atoms with Crippen LogP contribution in [0.15, 0.2) is 35.7 Å². The van der Waals surface area contributed by atoms with Crippen molar-refractivity contribution in [1.82, 2.24) is 20.7 Å². The van der Waals surface area contributed by atoms with Gasteiger partial charge in [-0.2, -0.15) is 0 Å². The smallest absolute Gasteiger partial charge is 0.289 e. The van der Waals surface area contributed by atoms with Crippen molar-refractivity contribution in [1.29, 1.82) is 0 Å². The molecule has 7 nitrogen and oxygen atoms in total. The number of nitrogens with one attached hydrogen (secondary N) is 3. The zero-order chi connectivity index (χ0) is 20.6. The lowest BCUT2D eigenvalue weighted by atomic mass is 9.96. The van der Waals surface area contributed by atoms with E-state index in [4.69, 9.17) is 30.2 Å². The molecule has 1 amide bonds. The van der Waals surface area contributed by atoms with E-state index in [1.807, 2.05) is 30.3 Å². The van der Waals surface area contributed by atoms with E-state index in [1.54, 1.807) is 5.38 Å². The normalized spacial score (nSPS) is 14.1. The largest absolute Gasteiger partial charge is 0.375 e. The van der Waals surface area contributed by atoms with Crippen molar-refractivity contribution in [2.75, 3.05) is 5.32 Å². The molecule has 1 saturated carbocycles. The summed E-state index contributed by atoms with van der Waals surface area (Å²) in [5.41, 5.74) is 9.71. The maximum Gasteiger partial charge on any atom is 0.289 e. The summed E-state index contributed by atoms with van der Waals surface area (Å²) in [5.74, 6) is -0.385. The number of hydrogen-bond donors (Lipinski definition) is 4. The fourth-order valence-electron chi connectivity index (χ4n) is 3.12. The number of hydrazine groups is 1. The Morgan fingerprint density at radius 1 is 1.21 bits per heavy atom. The number of thiocarbonyl (C=S) groups is 2. The summed E-state index contributed by atoms with van der Waals surface area (Å²) in [6, 6.07) is 10.0. The first-order valence-corrected chi connectivity index (χ1v) is 11.2. The summed E-state index contributed by atoms with van der Waals surface area (Å²) in [7, 11) is 0. The lowest BCUT2D eigenvalue weighted by molar-refractivity contribution is 0.0861. The van der Waals surface area contributed by atoms with Crippen molar-refractivity contribution in [2.24, 2.45) is 5.73 Å². The number of hydrogen-bond acceptors (Lipinski definition) is 5. The number of nitrogens with zero attached hydrogens (tertiary/aromatic N) is 2. The number of thiazole rings is 1. The first kappa shape index (κ1) is 21.4. The molecular weight excluding hydrogens is 424 g/mol. The minimum Gasteiger partial charge on any atom is -0.375 e. The van der Waals surface area contributed by atoms with E-state index in [-0.39, 0.29) is 16.7 Å². The van der Waals surface area contributed by atoms with Gasteiger partial charge in [-0.3, -0.25) is 15.2 Å². The zero-order valence-corrected chi connectivity index (χ0v) is 18.3. The van der Waals surface area contributed by atoms with E-state index in [2.05, 4.69) is 21.0 Å². The molecule has 1 fully saturated rings. The number of aromatic nitrogens is 1. The van der Waals surface area contributed by atoms with Crippen LogP contribution in [0.4, 0.5) is 5.13 Å². The standard InChI is InChI=1S/C19H24N6OS3/c20-17(27)25(11-13-7-3-1-4-8-13)24-16(26)15-12-29-19(22-15)23-18(28)21-14-9-5-2-6-10-14/h1,3-4,7-8,12,14H,2,5-6,9-11H2,(H2,20,27)(H,24,26)(H2,21,22,23,28). The SMILES string of the molecule is NC(=S)N(Cc1ccccc1)NC(=O)c1csc(NC(=S)NC2CCCCC2)n1. The van der Waals surface area contributed by atoms with E-state index in [0.717, 1.165) is 18.4 Å². The molecule has 0 bridgehead atoms. The van der Waals surface area contributed by atoms with Crippen molar-refractivity contribution < 1.29 is 4.79 Å². The van der Waals surface area contributed by atoms with Gasteiger partial charge in [0.1, 0.15) is 5.69 Å². The van der Waals surface area contributed by atoms with Crippen molar-refractivity contribution in [3.05, 3.63) is 47.0 Å². The Labute approximate surface area is 185 Å². The number of carbonyl (C=O) groups excluding carboxylic acids is 1. The van der Waals surface area contributed by atoms with Crippen LogP contribution in [0.25, 0.3) is 0 Å². The Morgan fingerprint density at radius 2 is 1.93 bits per heavy atom. The molecule has 29 heavy (non-hydrogen) atoms. The Hall–Kier alpha value is -2.30. The summed E-state index contributed by atoms with van der Waals surface area (Å²) >= 11 is 11.7. The van der Waals surface area contributed by atoms with Gasteiger partial charge >= 0.3 is 0 Å². The molecule has 1 aromatic carbocycles. The number of benzene rings is 1. The van der Waals surface area contributed by atoms with Gasteiger partial charge in [-0.05, 0) is 42.8 Å². The topological polar surface area (TPSA) is 95.3 Å². The highest BCUT2D eigenvalue weighted by molar-refractivity contribution is 7.80. The highest BCUT2D eigenvalue weighted by Gasteiger charge is 2.18. The minimum atomic E-state index is -0.385. The molecule has 1 aliphatic carbocycles. The van der Waals surface area contributed by atoms with Gasteiger partial charge in [0.15, 0.2) is 15.4 Å². The second-order valence-electron chi connectivity index (χ2n) is 6.82. The molecule has 5 N–H and O–H groups in total. The van der Waals surface area contributed by atoms with Gasteiger partial charge in [0.25, 0.3) is 5.91 Å². The molecule has 0 saturated heterocycles. The van der Waals surface area contributed by atoms with Gasteiger partial charge in [0.2, 0.25) is 0 Å². The fourth-order valence-corrected chi connectivity index (χ4v) is 4.25. The van der Waals surface area contributed by atoms with Crippen molar-refractivity contribution in [3.8, 4) is 0 Å². The minimum absolute atomic E-state index is 0.0774. The molecule has 3 rings (SSSR count). The maximum atomic E-state index is 12.6. The van der Waals surface area contributed by atoms with Gasteiger partial charge < -0.3 is 16.4 Å². The van der Waals surface area contributed by atoms with Crippen LogP contribution < -0.4 is 21.8 Å². The molecule has 0 aliphatic heterocycles. The second kappa shape index (κ2) is 10.5. The van der Waals surface area contributed by atoms with Gasteiger partial charge in [0.05, 0.1) is 6.54 Å². The van der Waals surface area contributed by atoms with Crippen LogP contribution in [-0.4, -0.2) is 32.2 Å². The maximum absolute atomic E-state index is 12.6. The highest BCUT2D eigenvalue weighted by atomic mass is 32.1. The Bertz CT molecular complexity index is 851. The van der Waals surface area contributed by atoms with E-state index in [1.165, 1.54) is 35.6 Å². The average molecular weight is 449 g/mol. The molecular formula is C19H24N6OS3. The number of anilines is 1. The molecule has 154 valence electrons. The van der Waals surface area contributed by atoms with Crippen LogP contribution in [0, 0.1) is 0 Å². The summed E-state index contributed by atoms with van der Waals surface area (Å²) in [4.78, 5) is 16.9. The third kappa shape index (κ3) is 6.62. The van der Waals surface area contributed by atoms with Gasteiger partial charge in [-0.15, -0.1) is 11.3 Å². The van der Waals surface area contributed by atoms with Gasteiger partial charge in [-0.1, -0.05) is 49.6 Å². The molecule has 1 aromatic heterocycles. The van der Waals surface area contributed by atoms with E-state index < -0.39 is 0 Å². The number of rotatable bonds is 5. The lowest BCUT2D eigenvalue weighted by Gasteiger charge is -2.24. The van der Waals surface area contributed by atoms with E-state index in [9.17, 15) is 4.79 Å². The molecule has 1 heterocycles. The predicted octanol–water partition coefficient (Wildman–Crippen LogP) is 3.15. The summed E-state index contributed by atoms with van der Waals surface area (Å²) in [5, 5.41) is 10.7. The second-order valence-corrected chi connectivity index (χ2v) is 8.51. The van der Waals surface area contributed by atoms with E-state index >= 15 is 0 Å². The number of nitrogens with two attached hydrogens (primary N) is 1. The quantitative estimate of drug-likeness (QED) is 0.409. The zero-order valence-electron chi connectivity index (χ0n) is 15.9. The van der Waals surface area contributed by atoms with Crippen LogP contribution >= 0.6 is 35.8 Å². The first-order chi connectivity index (χ1) is 14.0. The molecule has 0 radical (unpaired) electrons.